The second-order valence-corrected chi connectivity index (χ2v) is 2.70. The number of aliphatic hydroxyl groups excluding tert-OH is 1. The summed E-state index contributed by atoms with van der Waals surface area (Å²) < 4.78 is 0. The lowest BCUT2D eigenvalue weighted by Gasteiger charge is -2.08. The number of hydrazine groups is 1. The third-order valence-corrected chi connectivity index (χ3v) is 1.72. The zero-order chi connectivity index (χ0) is 9.68. The maximum Gasteiger partial charge on any atom is 0.236 e. The highest BCUT2D eigenvalue weighted by molar-refractivity contribution is 5.75. The molecule has 0 unspecified atom stereocenters. The van der Waals surface area contributed by atoms with Crippen LogP contribution in [0.5, 0.6) is 0 Å². The molecule has 0 saturated carbocycles. The summed E-state index contributed by atoms with van der Waals surface area (Å²) in [5, 5.41) is 9.51. The molecule has 0 spiro atoms. The molecule has 1 aromatic carbocycles. The van der Waals surface area contributed by atoms with Crippen molar-refractivity contribution >= 4 is 5.91 Å². The van der Waals surface area contributed by atoms with Crippen molar-refractivity contribution in [3.8, 4) is 0 Å². The fourth-order valence-electron chi connectivity index (χ4n) is 1.03. The monoisotopic (exact) mass is 180 g/mol. The molecule has 0 fully saturated rings. The van der Waals surface area contributed by atoms with E-state index in [0.717, 1.165) is 0 Å². The number of amides is 1. The molecule has 1 atom stereocenters. The van der Waals surface area contributed by atoms with Gasteiger partial charge in [-0.05, 0) is 5.56 Å². The Morgan fingerprint density at radius 3 is 2.62 bits per heavy atom. The number of nitrogens with one attached hydrogen (secondary N) is 1. The van der Waals surface area contributed by atoms with Crippen LogP contribution in [0.4, 0.5) is 0 Å². The first kappa shape index (κ1) is 9.70. The maximum absolute atomic E-state index is 10.8. The standard InChI is InChI=1S/C9H12N2O2/c10-11-9(13)6-8(12)7-4-2-1-3-5-7/h1-5,8,12H,6,10H2,(H,11,13)/t8-/m0/s1. The Bertz CT molecular complexity index is 274. The lowest BCUT2D eigenvalue weighted by molar-refractivity contribution is -0.123. The van der Waals surface area contributed by atoms with Crippen LogP contribution >= 0.6 is 0 Å². The second kappa shape index (κ2) is 4.59. The Balaban J connectivity index is 2.59. The first-order valence-corrected chi connectivity index (χ1v) is 3.96. The Kier molecular flexibility index (Phi) is 3.42. The van der Waals surface area contributed by atoms with Gasteiger partial charge in [-0.1, -0.05) is 30.3 Å². The van der Waals surface area contributed by atoms with Gasteiger partial charge >= 0.3 is 0 Å². The summed E-state index contributed by atoms with van der Waals surface area (Å²) in [4.78, 5) is 10.8. The number of aliphatic hydroxyl groups is 1. The van der Waals surface area contributed by atoms with Gasteiger partial charge in [0.1, 0.15) is 0 Å². The molecule has 4 N–H and O–H groups in total. The predicted octanol–water partition coefficient (Wildman–Crippen LogP) is 0.1000. The number of carbonyl (C=O) groups excluding carboxylic acids is 1. The highest BCUT2D eigenvalue weighted by Gasteiger charge is 2.10. The SMILES string of the molecule is NNC(=O)C[C@H](O)c1ccccc1. The molecule has 4 nitrogen and oxygen atoms in total. The van der Waals surface area contributed by atoms with Gasteiger partial charge < -0.3 is 5.11 Å². The molecule has 0 radical (unpaired) electrons. The zero-order valence-electron chi connectivity index (χ0n) is 7.10. The molecule has 0 aliphatic rings. The van der Waals surface area contributed by atoms with Crippen LogP contribution in [0.1, 0.15) is 18.1 Å². The maximum atomic E-state index is 10.8. The van der Waals surface area contributed by atoms with E-state index in [1.54, 1.807) is 24.3 Å². The molecular weight excluding hydrogens is 168 g/mol. The van der Waals surface area contributed by atoms with Gasteiger partial charge in [-0.25, -0.2) is 5.84 Å². The van der Waals surface area contributed by atoms with Crippen LogP contribution in [0.15, 0.2) is 30.3 Å². The molecule has 0 aliphatic heterocycles. The number of nitrogens with two attached hydrogens (primary N) is 1. The molecule has 1 aromatic rings. The Labute approximate surface area is 76.3 Å². The van der Waals surface area contributed by atoms with E-state index in [9.17, 15) is 9.90 Å². The Morgan fingerprint density at radius 2 is 2.08 bits per heavy atom. The van der Waals surface area contributed by atoms with Crippen LogP contribution in [0.25, 0.3) is 0 Å². The molecule has 0 aromatic heterocycles. The summed E-state index contributed by atoms with van der Waals surface area (Å²) in [5.41, 5.74) is 2.68. The molecule has 70 valence electrons. The predicted molar refractivity (Wildman–Crippen MR) is 48.3 cm³/mol. The van der Waals surface area contributed by atoms with Crippen LogP contribution < -0.4 is 11.3 Å². The average molecular weight is 180 g/mol. The molecule has 0 saturated heterocycles. The van der Waals surface area contributed by atoms with Gasteiger partial charge in [0, 0.05) is 0 Å². The van der Waals surface area contributed by atoms with E-state index in [4.69, 9.17) is 5.84 Å². The van der Waals surface area contributed by atoms with Gasteiger partial charge in [-0.15, -0.1) is 0 Å². The Morgan fingerprint density at radius 1 is 1.46 bits per heavy atom. The van der Waals surface area contributed by atoms with Crippen molar-refractivity contribution < 1.29 is 9.90 Å². The summed E-state index contributed by atoms with van der Waals surface area (Å²) in [6, 6.07) is 8.97. The van der Waals surface area contributed by atoms with Gasteiger partial charge in [-0.2, -0.15) is 0 Å². The van der Waals surface area contributed by atoms with Crippen molar-refractivity contribution in [3.05, 3.63) is 35.9 Å². The molecule has 0 heterocycles. The minimum atomic E-state index is -0.787. The minimum Gasteiger partial charge on any atom is -0.388 e. The first-order valence-electron chi connectivity index (χ1n) is 3.96. The van der Waals surface area contributed by atoms with Crippen molar-refractivity contribution in [2.75, 3.05) is 0 Å². The van der Waals surface area contributed by atoms with Crippen molar-refractivity contribution in [1.29, 1.82) is 0 Å². The van der Waals surface area contributed by atoms with E-state index in [0.29, 0.717) is 5.56 Å². The van der Waals surface area contributed by atoms with Gasteiger partial charge in [-0.3, -0.25) is 10.2 Å². The highest BCUT2D eigenvalue weighted by atomic mass is 16.3. The topological polar surface area (TPSA) is 75.3 Å². The average Bonchev–Trinajstić information content (AvgIpc) is 2.19. The van der Waals surface area contributed by atoms with Crippen LogP contribution in [-0.4, -0.2) is 11.0 Å². The van der Waals surface area contributed by atoms with E-state index < -0.39 is 6.10 Å². The van der Waals surface area contributed by atoms with Crippen molar-refractivity contribution in [2.45, 2.75) is 12.5 Å². The van der Waals surface area contributed by atoms with E-state index in [1.165, 1.54) is 0 Å². The summed E-state index contributed by atoms with van der Waals surface area (Å²) in [6.45, 7) is 0. The van der Waals surface area contributed by atoms with Crippen molar-refractivity contribution in [2.24, 2.45) is 5.84 Å². The lowest BCUT2D eigenvalue weighted by atomic mass is 10.1. The molecule has 4 heteroatoms. The third-order valence-electron chi connectivity index (χ3n) is 1.72. The van der Waals surface area contributed by atoms with E-state index in [1.807, 2.05) is 11.5 Å². The zero-order valence-corrected chi connectivity index (χ0v) is 7.10. The lowest BCUT2D eigenvalue weighted by Crippen LogP contribution is -2.31. The van der Waals surface area contributed by atoms with Gasteiger partial charge in [0.05, 0.1) is 12.5 Å². The van der Waals surface area contributed by atoms with Crippen LogP contribution in [0, 0.1) is 0 Å². The number of benzene rings is 1. The molecule has 1 rings (SSSR count). The van der Waals surface area contributed by atoms with Gasteiger partial charge in [0.2, 0.25) is 5.91 Å². The van der Waals surface area contributed by atoms with E-state index >= 15 is 0 Å². The fourth-order valence-corrected chi connectivity index (χ4v) is 1.03. The fraction of sp³-hybridized carbons (Fsp3) is 0.222. The quantitative estimate of drug-likeness (QED) is 0.351. The smallest absolute Gasteiger partial charge is 0.236 e. The molecular formula is C9H12N2O2. The molecule has 0 bridgehead atoms. The van der Waals surface area contributed by atoms with Gasteiger partial charge in [0.25, 0.3) is 0 Å². The summed E-state index contributed by atoms with van der Waals surface area (Å²) in [7, 11) is 0. The van der Waals surface area contributed by atoms with E-state index in [2.05, 4.69) is 0 Å². The van der Waals surface area contributed by atoms with E-state index in [-0.39, 0.29) is 12.3 Å². The number of carbonyl (C=O) groups is 1. The van der Waals surface area contributed by atoms with Crippen LogP contribution in [-0.2, 0) is 4.79 Å². The Hall–Kier alpha value is -1.39. The van der Waals surface area contributed by atoms with Crippen LogP contribution in [0.2, 0.25) is 0 Å². The largest absolute Gasteiger partial charge is 0.388 e. The molecule has 0 aliphatic carbocycles. The minimum absolute atomic E-state index is 0.0134. The summed E-state index contributed by atoms with van der Waals surface area (Å²) in [5.74, 6) is 4.51. The first-order chi connectivity index (χ1) is 6.24. The van der Waals surface area contributed by atoms with Crippen molar-refractivity contribution in [3.63, 3.8) is 0 Å². The van der Waals surface area contributed by atoms with Crippen molar-refractivity contribution in [1.82, 2.24) is 5.43 Å². The summed E-state index contributed by atoms with van der Waals surface area (Å²) in [6.07, 6.45) is -0.801. The molecule has 13 heavy (non-hydrogen) atoms. The third kappa shape index (κ3) is 2.85. The van der Waals surface area contributed by atoms with Gasteiger partial charge in [0.15, 0.2) is 0 Å². The number of hydrogen-bond acceptors (Lipinski definition) is 3. The number of rotatable bonds is 3. The highest BCUT2D eigenvalue weighted by Crippen LogP contribution is 2.14. The number of hydrogen-bond donors (Lipinski definition) is 3. The second-order valence-electron chi connectivity index (χ2n) is 2.70. The van der Waals surface area contributed by atoms with Crippen LogP contribution in [0.3, 0.4) is 0 Å². The summed E-state index contributed by atoms with van der Waals surface area (Å²) >= 11 is 0. The molecule has 1 amide bonds. The normalized spacial score (nSPS) is 12.2.